The first-order chi connectivity index (χ1) is 7.27. The molecule has 1 aliphatic carbocycles. The molecule has 0 bridgehead atoms. The molecule has 1 heterocycles. The minimum atomic E-state index is 0.235. The van der Waals surface area contributed by atoms with E-state index >= 15 is 0 Å². The van der Waals surface area contributed by atoms with Crippen LogP contribution in [-0.4, -0.2) is 49.7 Å². The molecule has 0 aromatic carbocycles. The molecule has 1 N–H and O–H groups in total. The summed E-state index contributed by atoms with van der Waals surface area (Å²) in [6.07, 6.45) is 4.16. The predicted octanol–water partition coefficient (Wildman–Crippen LogP) is 0.376. The Morgan fingerprint density at radius 2 is 2.27 bits per heavy atom. The van der Waals surface area contributed by atoms with Gasteiger partial charge in [-0.2, -0.15) is 0 Å². The average Bonchev–Trinajstić information content (AvgIpc) is 2.90. The number of amides is 1. The van der Waals surface area contributed by atoms with Gasteiger partial charge < -0.3 is 15.0 Å². The van der Waals surface area contributed by atoms with E-state index in [1.54, 1.807) is 0 Å². The van der Waals surface area contributed by atoms with Crippen molar-refractivity contribution >= 4 is 5.91 Å². The minimum absolute atomic E-state index is 0.235. The van der Waals surface area contributed by atoms with E-state index < -0.39 is 0 Å². The van der Waals surface area contributed by atoms with E-state index in [0.717, 1.165) is 19.6 Å². The molecule has 0 aromatic heterocycles. The van der Waals surface area contributed by atoms with E-state index in [1.165, 1.54) is 12.8 Å². The van der Waals surface area contributed by atoms with E-state index in [9.17, 15) is 4.79 Å². The summed E-state index contributed by atoms with van der Waals surface area (Å²) in [6, 6.07) is 0.997. The Morgan fingerprint density at radius 1 is 1.47 bits per heavy atom. The van der Waals surface area contributed by atoms with Crippen molar-refractivity contribution in [2.75, 3.05) is 26.8 Å². The molecule has 1 saturated heterocycles. The summed E-state index contributed by atoms with van der Waals surface area (Å²) in [5.74, 6) is 0.235. The highest BCUT2D eigenvalue weighted by Gasteiger charge is 2.24. The van der Waals surface area contributed by atoms with Crippen molar-refractivity contribution in [2.24, 2.45) is 0 Å². The number of carbonyl (C=O) groups is 1. The maximum atomic E-state index is 11.8. The summed E-state index contributed by atoms with van der Waals surface area (Å²) in [7, 11) is 1.89. The van der Waals surface area contributed by atoms with Crippen LogP contribution in [0.4, 0.5) is 0 Å². The van der Waals surface area contributed by atoms with Gasteiger partial charge in [-0.05, 0) is 19.3 Å². The number of likely N-dealkylation sites (N-methyl/N-ethyl adjacent to an activating group) is 1. The Bertz CT molecular complexity index is 223. The number of hydrogen-bond acceptors (Lipinski definition) is 3. The Kier molecular flexibility index (Phi) is 3.59. The second kappa shape index (κ2) is 4.94. The molecule has 2 rings (SSSR count). The molecule has 86 valence electrons. The summed E-state index contributed by atoms with van der Waals surface area (Å²) >= 11 is 0. The molecule has 4 nitrogen and oxygen atoms in total. The average molecular weight is 212 g/mol. The van der Waals surface area contributed by atoms with Crippen LogP contribution in [0.25, 0.3) is 0 Å². The first-order valence-corrected chi connectivity index (χ1v) is 5.84. The van der Waals surface area contributed by atoms with Gasteiger partial charge in [0.05, 0.1) is 12.6 Å². The number of nitrogens with one attached hydrogen (secondary N) is 1. The molecule has 1 amide bonds. The Balaban J connectivity index is 1.64. The number of rotatable bonds is 5. The Hall–Kier alpha value is -0.610. The van der Waals surface area contributed by atoms with Crippen LogP contribution in [0, 0.1) is 0 Å². The smallest absolute Gasteiger partial charge is 0.223 e. The highest BCUT2D eigenvalue weighted by Crippen LogP contribution is 2.18. The number of ether oxygens (including phenoxy) is 1. The molecule has 0 spiro atoms. The minimum Gasteiger partial charge on any atom is -0.379 e. The summed E-state index contributed by atoms with van der Waals surface area (Å²) in [4.78, 5) is 13.6. The van der Waals surface area contributed by atoms with Gasteiger partial charge in [-0.15, -0.1) is 0 Å². The molecule has 2 fully saturated rings. The number of nitrogens with zero attached hydrogens (tertiary/aromatic N) is 1. The molecule has 4 heteroatoms. The maximum absolute atomic E-state index is 11.8. The van der Waals surface area contributed by atoms with Crippen molar-refractivity contribution in [3.8, 4) is 0 Å². The van der Waals surface area contributed by atoms with Crippen molar-refractivity contribution in [1.82, 2.24) is 10.2 Å². The quantitative estimate of drug-likeness (QED) is 0.716. The molecule has 2 aliphatic rings. The second-order valence-corrected chi connectivity index (χ2v) is 4.50. The van der Waals surface area contributed by atoms with Crippen LogP contribution in [0.3, 0.4) is 0 Å². The highest BCUT2D eigenvalue weighted by molar-refractivity contribution is 5.76. The van der Waals surface area contributed by atoms with Gasteiger partial charge in [-0.3, -0.25) is 4.79 Å². The summed E-state index contributed by atoms with van der Waals surface area (Å²) < 4.78 is 5.27. The van der Waals surface area contributed by atoms with Gasteiger partial charge in [0.15, 0.2) is 0 Å². The van der Waals surface area contributed by atoms with Gasteiger partial charge in [-0.1, -0.05) is 0 Å². The standard InChI is InChI=1S/C11H20N2O2/c1-13(10-5-7-15-8-10)11(14)4-6-12-9-2-3-9/h9-10,12H,2-8H2,1H3. The first kappa shape index (κ1) is 10.9. The van der Waals surface area contributed by atoms with Crippen LogP contribution >= 0.6 is 0 Å². The molecule has 1 atom stereocenters. The lowest BCUT2D eigenvalue weighted by molar-refractivity contribution is -0.131. The Morgan fingerprint density at radius 3 is 2.87 bits per heavy atom. The third-order valence-electron chi connectivity index (χ3n) is 3.20. The normalized spacial score (nSPS) is 25.5. The summed E-state index contributed by atoms with van der Waals surface area (Å²) in [5.41, 5.74) is 0. The van der Waals surface area contributed by atoms with Crippen LogP contribution < -0.4 is 5.32 Å². The topological polar surface area (TPSA) is 41.6 Å². The molecular formula is C11H20N2O2. The monoisotopic (exact) mass is 212 g/mol. The van der Waals surface area contributed by atoms with E-state index in [-0.39, 0.29) is 5.91 Å². The zero-order valence-corrected chi connectivity index (χ0v) is 9.37. The molecule has 1 unspecified atom stereocenters. The largest absolute Gasteiger partial charge is 0.379 e. The first-order valence-electron chi connectivity index (χ1n) is 5.84. The Labute approximate surface area is 91.0 Å². The van der Waals surface area contributed by atoms with Crippen molar-refractivity contribution in [3.63, 3.8) is 0 Å². The van der Waals surface area contributed by atoms with E-state index in [2.05, 4.69) is 5.32 Å². The van der Waals surface area contributed by atoms with Gasteiger partial charge in [0.1, 0.15) is 0 Å². The van der Waals surface area contributed by atoms with Crippen molar-refractivity contribution in [1.29, 1.82) is 0 Å². The lowest BCUT2D eigenvalue weighted by Gasteiger charge is -2.23. The molecule has 1 saturated carbocycles. The number of hydrogen-bond donors (Lipinski definition) is 1. The molecule has 0 aromatic rings. The fourth-order valence-electron chi connectivity index (χ4n) is 1.88. The molecular weight excluding hydrogens is 192 g/mol. The predicted molar refractivity (Wildman–Crippen MR) is 57.6 cm³/mol. The molecule has 1 aliphatic heterocycles. The van der Waals surface area contributed by atoms with Crippen molar-refractivity contribution in [3.05, 3.63) is 0 Å². The van der Waals surface area contributed by atoms with Crippen LogP contribution in [-0.2, 0) is 9.53 Å². The summed E-state index contributed by atoms with van der Waals surface area (Å²) in [6.45, 7) is 2.32. The van der Waals surface area contributed by atoms with Gasteiger partial charge in [0.2, 0.25) is 5.91 Å². The van der Waals surface area contributed by atoms with Crippen LogP contribution in [0.5, 0.6) is 0 Å². The van der Waals surface area contributed by atoms with E-state index in [1.807, 2.05) is 11.9 Å². The summed E-state index contributed by atoms with van der Waals surface area (Å²) in [5, 5.41) is 3.35. The lowest BCUT2D eigenvalue weighted by atomic mass is 10.2. The van der Waals surface area contributed by atoms with Crippen LogP contribution in [0.1, 0.15) is 25.7 Å². The van der Waals surface area contributed by atoms with Crippen LogP contribution in [0.15, 0.2) is 0 Å². The fourth-order valence-corrected chi connectivity index (χ4v) is 1.88. The van der Waals surface area contributed by atoms with Gasteiger partial charge in [-0.25, -0.2) is 0 Å². The lowest BCUT2D eigenvalue weighted by Crippen LogP contribution is -2.38. The second-order valence-electron chi connectivity index (χ2n) is 4.50. The maximum Gasteiger partial charge on any atom is 0.223 e. The van der Waals surface area contributed by atoms with Crippen LogP contribution in [0.2, 0.25) is 0 Å². The van der Waals surface area contributed by atoms with Gasteiger partial charge in [0.25, 0.3) is 0 Å². The molecule has 15 heavy (non-hydrogen) atoms. The molecule has 0 radical (unpaired) electrons. The van der Waals surface area contributed by atoms with Crippen molar-refractivity contribution < 1.29 is 9.53 Å². The number of carbonyl (C=O) groups excluding carboxylic acids is 1. The fraction of sp³-hybridized carbons (Fsp3) is 0.909. The SMILES string of the molecule is CN(C(=O)CCNC1CC1)C1CCOC1. The van der Waals surface area contributed by atoms with Gasteiger partial charge in [0, 0.05) is 32.7 Å². The van der Waals surface area contributed by atoms with Gasteiger partial charge >= 0.3 is 0 Å². The van der Waals surface area contributed by atoms with E-state index in [4.69, 9.17) is 4.74 Å². The zero-order chi connectivity index (χ0) is 10.7. The third kappa shape index (κ3) is 3.18. The van der Waals surface area contributed by atoms with E-state index in [0.29, 0.717) is 25.1 Å². The van der Waals surface area contributed by atoms with Crippen molar-refractivity contribution in [2.45, 2.75) is 37.8 Å². The third-order valence-corrected chi connectivity index (χ3v) is 3.20. The highest BCUT2D eigenvalue weighted by atomic mass is 16.5. The zero-order valence-electron chi connectivity index (χ0n) is 9.37.